The Morgan fingerprint density at radius 2 is 1.83 bits per heavy atom. The number of halogens is 1. The summed E-state index contributed by atoms with van der Waals surface area (Å²) in [5.41, 5.74) is 2.26. The van der Waals surface area contributed by atoms with Crippen molar-refractivity contribution in [1.29, 1.82) is 0 Å². The van der Waals surface area contributed by atoms with Gasteiger partial charge in [0, 0.05) is 22.0 Å². The summed E-state index contributed by atoms with van der Waals surface area (Å²) in [6, 6.07) is 6.72. The molecule has 1 heterocycles. The number of amides is 2. The quantitative estimate of drug-likeness (QED) is 0.852. The number of hydrogen-bond donors (Lipinski definition) is 2. The minimum atomic E-state index is -0.226. The van der Waals surface area contributed by atoms with E-state index in [1.165, 1.54) is 16.2 Å². The Bertz CT molecular complexity index is 768. The number of fused-ring (bicyclic) bond motifs is 1. The Morgan fingerprint density at radius 1 is 1.12 bits per heavy atom. The van der Waals surface area contributed by atoms with Crippen molar-refractivity contribution in [1.82, 2.24) is 5.32 Å². The zero-order valence-corrected chi connectivity index (χ0v) is 15.0. The van der Waals surface area contributed by atoms with Gasteiger partial charge < -0.3 is 10.6 Å². The van der Waals surface area contributed by atoms with Crippen LogP contribution in [0, 0.1) is 0 Å². The summed E-state index contributed by atoms with van der Waals surface area (Å²) < 4.78 is 0. The third-order valence-electron chi connectivity index (χ3n) is 4.07. The molecule has 0 radical (unpaired) electrons. The summed E-state index contributed by atoms with van der Waals surface area (Å²) in [7, 11) is 0. The lowest BCUT2D eigenvalue weighted by molar-refractivity contribution is 0.0956. The van der Waals surface area contributed by atoms with E-state index in [1.54, 1.807) is 24.3 Å². The van der Waals surface area contributed by atoms with Gasteiger partial charge in [-0.3, -0.25) is 9.59 Å². The Hall–Kier alpha value is -1.85. The van der Waals surface area contributed by atoms with E-state index in [-0.39, 0.29) is 11.8 Å². The molecule has 0 saturated heterocycles. The molecule has 1 aliphatic rings. The zero-order valence-electron chi connectivity index (χ0n) is 13.4. The molecule has 0 spiro atoms. The van der Waals surface area contributed by atoms with Gasteiger partial charge in [0.25, 0.3) is 11.8 Å². The normalized spacial score (nSPS) is 13.2. The van der Waals surface area contributed by atoms with E-state index < -0.39 is 0 Å². The minimum Gasteiger partial charge on any atom is -0.352 e. The first-order chi connectivity index (χ1) is 11.6. The molecular formula is C18H19ClN2O2S. The molecule has 0 unspecified atom stereocenters. The third-order valence-corrected chi connectivity index (χ3v) is 5.53. The van der Waals surface area contributed by atoms with Crippen LogP contribution in [0.3, 0.4) is 0 Å². The first-order valence-electron chi connectivity index (χ1n) is 8.09. The van der Waals surface area contributed by atoms with Gasteiger partial charge in [0.15, 0.2) is 0 Å². The van der Waals surface area contributed by atoms with Crippen LogP contribution in [0.15, 0.2) is 24.3 Å². The van der Waals surface area contributed by atoms with Crippen molar-refractivity contribution in [3.8, 4) is 0 Å². The maximum absolute atomic E-state index is 12.5. The SMILES string of the molecule is CCNC(=O)c1c(NC(=O)c2ccc(Cl)cc2)sc2c1CCCC2. The number of anilines is 1. The van der Waals surface area contributed by atoms with E-state index in [0.29, 0.717) is 27.7 Å². The molecule has 0 bridgehead atoms. The first kappa shape index (κ1) is 17.0. The Balaban J connectivity index is 1.91. The van der Waals surface area contributed by atoms with E-state index >= 15 is 0 Å². The summed E-state index contributed by atoms with van der Waals surface area (Å²) in [4.78, 5) is 26.2. The molecule has 1 aliphatic carbocycles. The molecule has 2 amide bonds. The zero-order chi connectivity index (χ0) is 17.1. The number of nitrogens with one attached hydrogen (secondary N) is 2. The van der Waals surface area contributed by atoms with Gasteiger partial charge in [-0.1, -0.05) is 11.6 Å². The van der Waals surface area contributed by atoms with Crippen LogP contribution in [-0.4, -0.2) is 18.4 Å². The van der Waals surface area contributed by atoms with Crippen molar-refractivity contribution in [2.24, 2.45) is 0 Å². The van der Waals surface area contributed by atoms with Crippen molar-refractivity contribution >= 4 is 39.8 Å². The standard InChI is InChI=1S/C18H19ClN2O2S/c1-2-20-17(23)15-13-5-3-4-6-14(13)24-18(15)21-16(22)11-7-9-12(19)10-8-11/h7-10H,2-6H2,1H3,(H,20,23)(H,21,22). The van der Waals surface area contributed by atoms with Crippen molar-refractivity contribution in [2.45, 2.75) is 32.6 Å². The lowest BCUT2D eigenvalue weighted by Crippen LogP contribution is -2.25. The summed E-state index contributed by atoms with van der Waals surface area (Å²) >= 11 is 7.39. The fourth-order valence-corrected chi connectivity index (χ4v) is 4.33. The number of aryl methyl sites for hydroxylation is 1. The molecule has 6 heteroatoms. The van der Waals surface area contributed by atoms with Gasteiger partial charge in [-0.2, -0.15) is 0 Å². The van der Waals surface area contributed by atoms with Crippen molar-refractivity contribution in [3.63, 3.8) is 0 Å². The van der Waals surface area contributed by atoms with Gasteiger partial charge in [-0.25, -0.2) is 0 Å². The second-order valence-corrected chi connectivity index (χ2v) is 7.28. The molecule has 0 atom stereocenters. The predicted octanol–water partition coefficient (Wildman–Crippen LogP) is 4.28. The molecule has 1 aromatic heterocycles. The lowest BCUT2D eigenvalue weighted by atomic mass is 9.95. The lowest BCUT2D eigenvalue weighted by Gasteiger charge is -2.12. The van der Waals surface area contributed by atoms with E-state index in [2.05, 4.69) is 10.6 Å². The molecule has 126 valence electrons. The Morgan fingerprint density at radius 3 is 2.54 bits per heavy atom. The molecular weight excluding hydrogens is 344 g/mol. The van der Waals surface area contributed by atoms with Gasteiger partial charge in [0.2, 0.25) is 0 Å². The molecule has 1 aromatic carbocycles. The van der Waals surface area contributed by atoms with Crippen molar-refractivity contribution < 1.29 is 9.59 Å². The summed E-state index contributed by atoms with van der Waals surface area (Å²) in [6.45, 7) is 2.46. The third kappa shape index (κ3) is 3.47. The van der Waals surface area contributed by atoms with E-state index in [4.69, 9.17) is 11.6 Å². The van der Waals surface area contributed by atoms with E-state index in [1.807, 2.05) is 6.92 Å². The summed E-state index contributed by atoms with van der Waals surface area (Å²) in [5.74, 6) is -0.334. The molecule has 24 heavy (non-hydrogen) atoms. The highest BCUT2D eigenvalue weighted by molar-refractivity contribution is 7.17. The van der Waals surface area contributed by atoms with Crippen LogP contribution in [0.2, 0.25) is 5.02 Å². The maximum atomic E-state index is 12.5. The van der Waals surface area contributed by atoms with E-state index in [9.17, 15) is 9.59 Å². The largest absolute Gasteiger partial charge is 0.352 e. The van der Waals surface area contributed by atoms with Gasteiger partial charge in [-0.05, 0) is 62.4 Å². The highest BCUT2D eigenvalue weighted by Gasteiger charge is 2.26. The van der Waals surface area contributed by atoms with Crippen molar-refractivity contribution in [2.75, 3.05) is 11.9 Å². The van der Waals surface area contributed by atoms with Crippen LogP contribution in [0.25, 0.3) is 0 Å². The van der Waals surface area contributed by atoms with Gasteiger partial charge >= 0.3 is 0 Å². The molecule has 2 N–H and O–H groups in total. The van der Waals surface area contributed by atoms with Crippen LogP contribution < -0.4 is 10.6 Å². The predicted molar refractivity (Wildman–Crippen MR) is 98.4 cm³/mol. The topological polar surface area (TPSA) is 58.2 Å². The van der Waals surface area contributed by atoms with Gasteiger partial charge in [0.05, 0.1) is 5.56 Å². The van der Waals surface area contributed by atoms with Crippen LogP contribution in [0.4, 0.5) is 5.00 Å². The number of hydrogen-bond acceptors (Lipinski definition) is 3. The van der Waals surface area contributed by atoms with Crippen molar-refractivity contribution in [3.05, 3.63) is 50.9 Å². The Kier molecular flexibility index (Phi) is 5.21. The smallest absolute Gasteiger partial charge is 0.256 e. The highest BCUT2D eigenvalue weighted by Crippen LogP contribution is 2.38. The molecule has 0 aliphatic heterocycles. The number of carbonyl (C=O) groups is 2. The number of thiophene rings is 1. The number of rotatable bonds is 4. The molecule has 0 fully saturated rings. The fourth-order valence-electron chi connectivity index (χ4n) is 2.92. The highest BCUT2D eigenvalue weighted by atomic mass is 35.5. The van der Waals surface area contributed by atoms with Gasteiger partial charge in [0.1, 0.15) is 5.00 Å². The molecule has 4 nitrogen and oxygen atoms in total. The second kappa shape index (κ2) is 7.36. The van der Waals surface area contributed by atoms with Crippen LogP contribution in [0.5, 0.6) is 0 Å². The molecule has 3 rings (SSSR count). The van der Waals surface area contributed by atoms with Crippen LogP contribution >= 0.6 is 22.9 Å². The summed E-state index contributed by atoms with van der Waals surface area (Å²) in [5, 5.41) is 7.01. The van der Waals surface area contributed by atoms with Crippen LogP contribution in [-0.2, 0) is 12.8 Å². The average molecular weight is 363 g/mol. The number of benzene rings is 1. The summed E-state index contributed by atoms with van der Waals surface area (Å²) in [6.07, 6.45) is 4.09. The average Bonchev–Trinajstić information content (AvgIpc) is 2.93. The van der Waals surface area contributed by atoms with Crippen LogP contribution in [0.1, 0.15) is 50.9 Å². The first-order valence-corrected chi connectivity index (χ1v) is 9.29. The minimum absolute atomic E-state index is 0.108. The molecule has 2 aromatic rings. The monoisotopic (exact) mass is 362 g/mol. The fraction of sp³-hybridized carbons (Fsp3) is 0.333. The Labute approximate surface area is 150 Å². The second-order valence-electron chi connectivity index (χ2n) is 5.74. The number of carbonyl (C=O) groups excluding carboxylic acids is 2. The molecule has 0 saturated carbocycles. The maximum Gasteiger partial charge on any atom is 0.256 e. The van der Waals surface area contributed by atoms with Gasteiger partial charge in [-0.15, -0.1) is 11.3 Å². The van der Waals surface area contributed by atoms with E-state index in [0.717, 1.165) is 31.2 Å².